The van der Waals surface area contributed by atoms with Crippen LogP contribution in [0.15, 0.2) is 34.2 Å². The van der Waals surface area contributed by atoms with Gasteiger partial charge in [-0.05, 0) is 43.4 Å². The Bertz CT molecular complexity index is 1120. The first-order valence-corrected chi connectivity index (χ1v) is 10.5. The molecule has 144 valence electrons. The van der Waals surface area contributed by atoms with Crippen LogP contribution in [0.3, 0.4) is 0 Å². The Kier molecular flexibility index (Phi) is 5.14. The molecule has 0 spiro atoms. The molecule has 0 atom stereocenters. The maximum Gasteiger partial charge on any atom is 0.269 e. The van der Waals surface area contributed by atoms with Crippen LogP contribution in [-0.2, 0) is 17.6 Å². The molecule has 10 heteroatoms. The molecule has 2 N–H and O–H groups in total. The maximum absolute atomic E-state index is 12.5. The van der Waals surface area contributed by atoms with E-state index in [0.717, 1.165) is 47.8 Å². The molecule has 0 fully saturated rings. The van der Waals surface area contributed by atoms with E-state index in [-0.39, 0.29) is 22.9 Å². The van der Waals surface area contributed by atoms with Crippen molar-refractivity contribution in [2.45, 2.75) is 30.8 Å². The first-order chi connectivity index (χ1) is 13.5. The molecular formula is C18H16N4O4S2. The van der Waals surface area contributed by atoms with E-state index < -0.39 is 4.92 Å². The maximum atomic E-state index is 12.5. The van der Waals surface area contributed by atoms with Crippen molar-refractivity contribution in [3.05, 3.63) is 55.2 Å². The van der Waals surface area contributed by atoms with Crippen LogP contribution in [0, 0.1) is 10.1 Å². The lowest BCUT2D eigenvalue weighted by Gasteiger charge is -2.09. The van der Waals surface area contributed by atoms with E-state index in [4.69, 9.17) is 0 Å². The van der Waals surface area contributed by atoms with E-state index in [9.17, 15) is 19.7 Å². The van der Waals surface area contributed by atoms with Crippen LogP contribution in [0.2, 0.25) is 0 Å². The fourth-order valence-corrected chi connectivity index (χ4v) is 5.19. The smallest absolute Gasteiger partial charge is 0.269 e. The second-order valence-electron chi connectivity index (χ2n) is 6.40. The lowest BCUT2D eigenvalue weighted by Crippen LogP contribution is -2.15. The third kappa shape index (κ3) is 3.78. The average molecular weight is 416 g/mol. The second kappa shape index (κ2) is 7.72. The van der Waals surface area contributed by atoms with Crippen molar-refractivity contribution in [2.24, 2.45) is 0 Å². The molecule has 8 nitrogen and oxygen atoms in total. The van der Waals surface area contributed by atoms with Crippen LogP contribution in [-0.4, -0.2) is 26.6 Å². The third-order valence-corrected chi connectivity index (χ3v) is 6.56. The number of nitro groups is 1. The van der Waals surface area contributed by atoms with Gasteiger partial charge in [0.05, 0.1) is 16.1 Å². The Morgan fingerprint density at radius 3 is 2.79 bits per heavy atom. The molecule has 0 saturated carbocycles. The number of rotatable bonds is 5. The van der Waals surface area contributed by atoms with Gasteiger partial charge < -0.3 is 10.3 Å². The Labute approximate surface area is 167 Å². The van der Waals surface area contributed by atoms with E-state index in [2.05, 4.69) is 15.3 Å². The number of carbonyl (C=O) groups is 1. The van der Waals surface area contributed by atoms with E-state index in [0.29, 0.717) is 16.2 Å². The Balaban J connectivity index is 1.44. The summed E-state index contributed by atoms with van der Waals surface area (Å²) >= 11 is 2.72. The highest BCUT2D eigenvalue weighted by atomic mass is 32.2. The summed E-state index contributed by atoms with van der Waals surface area (Å²) in [4.78, 5) is 44.1. The van der Waals surface area contributed by atoms with Crippen molar-refractivity contribution in [1.29, 1.82) is 0 Å². The van der Waals surface area contributed by atoms with Crippen LogP contribution < -0.4 is 10.9 Å². The summed E-state index contributed by atoms with van der Waals surface area (Å²) in [5, 5.41) is 14.4. The Morgan fingerprint density at radius 1 is 1.29 bits per heavy atom. The lowest BCUT2D eigenvalue weighted by atomic mass is 9.97. The zero-order valence-corrected chi connectivity index (χ0v) is 16.3. The SMILES string of the molecule is O=C(CSc1nc2sc3c(c2c(=O)[nH]1)CCCC3)Nc1ccc([N+](=O)[O-])cc1. The Morgan fingerprint density at radius 2 is 2.04 bits per heavy atom. The Hall–Kier alpha value is -2.72. The van der Waals surface area contributed by atoms with Gasteiger partial charge in [-0.25, -0.2) is 4.98 Å². The molecule has 0 unspecified atom stereocenters. The number of nitro benzene ring substituents is 1. The molecule has 1 amide bonds. The van der Waals surface area contributed by atoms with Crippen LogP contribution in [0.1, 0.15) is 23.3 Å². The molecule has 2 aromatic heterocycles. The number of anilines is 1. The van der Waals surface area contributed by atoms with E-state index >= 15 is 0 Å². The molecule has 2 heterocycles. The number of aromatic nitrogens is 2. The summed E-state index contributed by atoms with van der Waals surface area (Å²) in [6.45, 7) is 0. The first-order valence-electron chi connectivity index (χ1n) is 8.73. The van der Waals surface area contributed by atoms with E-state index in [1.165, 1.54) is 29.1 Å². The van der Waals surface area contributed by atoms with Gasteiger partial charge in [0.15, 0.2) is 5.16 Å². The summed E-state index contributed by atoms with van der Waals surface area (Å²) < 4.78 is 0. The minimum Gasteiger partial charge on any atom is -0.325 e. The molecular weight excluding hydrogens is 400 g/mol. The highest BCUT2D eigenvalue weighted by molar-refractivity contribution is 7.99. The third-order valence-electron chi connectivity index (χ3n) is 4.51. The fourth-order valence-electron chi connectivity index (χ4n) is 3.21. The van der Waals surface area contributed by atoms with Crippen LogP contribution >= 0.6 is 23.1 Å². The number of non-ortho nitro benzene ring substituents is 1. The van der Waals surface area contributed by atoms with Gasteiger partial charge in [0.1, 0.15) is 4.83 Å². The standard InChI is InChI=1S/C18H16N4O4S2/c23-14(19-10-5-7-11(8-6-10)22(25)26)9-27-18-20-16(24)15-12-3-1-2-4-13(12)28-17(15)21-18/h5-8H,1-4,9H2,(H,19,23)(H,20,21,24). The zero-order chi connectivity index (χ0) is 19.7. The largest absolute Gasteiger partial charge is 0.325 e. The number of aryl methyl sites for hydroxylation is 2. The number of thioether (sulfide) groups is 1. The molecule has 0 bridgehead atoms. The normalized spacial score (nSPS) is 13.3. The molecule has 0 radical (unpaired) electrons. The second-order valence-corrected chi connectivity index (χ2v) is 8.45. The van der Waals surface area contributed by atoms with Crippen molar-refractivity contribution in [2.75, 3.05) is 11.1 Å². The summed E-state index contributed by atoms with van der Waals surface area (Å²) in [7, 11) is 0. The van der Waals surface area contributed by atoms with Crippen molar-refractivity contribution in [1.82, 2.24) is 9.97 Å². The topological polar surface area (TPSA) is 118 Å². The average Bonchev–Trinajstić information content (AvgIpc) is 3.05. The minimum atomic E-state index is -0.498. The molecule has 4 rings (SSSR count). The number of hydrogen-bond donors (Lipinski definition) is 2. The summed E-state index contributed by atoms with van der Waals surface area (Å²) in [5.74, 6) is -0.219. The van der Waals surface area contributed by atoms with Crippen LogP contribution in [0.5, 0.6) is 0 Å². The van der Waals surface area contributed by atoms with Gasteiger partial charge >= 0.3 is 0 Å². The van der Waals surface area contributed by atoms with Crippen molar-refractivity contribution in [3.63, 3.8) is 0 Å². The van der Waals surface area contributed by atoms with E-state index in [1.54, 1.807) is 11.3 Å². The minimum absolute atomic E-state index is 0.0407. The summed E-state index contributed by atoms with van der Waals surface area (Å²) in [5.41, 5.74) is 1.41. The predicted molar refractivity (Wildman–Crippen MR) is 109 cm³/mol. The number of aromatic amines is 1. The number of carbonyl (C=O) groups excluding carboxylic acids is 1. The molecule has 1 aliphatic rings. The number of amides is 1. The number of fused-ring (bicyclic) bond motifs is 3. The molecule has 0 aliphatic heterocycles. The molecule has 1 aromatic carbocycles. The van der Waals surface area contributed by atoms with Crippen LogP contribution in [0.25, 0.3) is 10.2 Å². The van der Waals surface area contributed by atoms with E-state index in [1.807, 2.05) is 0 Å². The summed E-state index contributed by atoms with van der Waals surface area (Å²) in [6.07, 6.45) is 4.15. The molecule has 28 heavy (non-hydrogen) atoms. The number of nitrogens with zero attached hydrogens (tertiary/aromatic N) is 2. The van der Waals surface area contributed by atoms with Gasteiger partial charge in [-0.1, -0.05) is 11.8 Å². The van der Waals surface area contributed by atoms with Gasteiger partial charge in [-0.15, -0.1) is 11.3 Å². The van der Waals surface area contributed by atoms with Gasteiger partial charge in [0, 0.05) is 22.7 Å². The van der Waals surface area contributed by atoms with Gasteiger partial charge in [-0.3, -0.25) is 19.7 Å². The van der Waals surface area contributed by atoms with Gasteiger partial charge in [-0.2, -0.15) is 0 Å². The van der Waals surface area contributed by atoms with Crippen molar-refractivity contribution >= 4 is 50.6 Å². The van der Waals surface area contributed by atoms with Crippen LogP contribution in [0.4, 0.5) is 11.4 Å². The monoisotopic (exact) mass is 416 g/mol. The number of nitrogens with one attached hydrogen (secondary N) is 2. The molecule has 3 aromatic rings. The highest BCUT2D eigenvalue weighted by Gasteiger charge is 2.20. The lowest BCUT2D eigenvalue weighted by molar-refractivity contribution is -0.384. The zero-order valence-electron chi connectivity index (χ0n) is 14.7. The van der Waals surface area contributed by atoms with Crippen molar-refractivity contribution < 1.29 is 9.72 Å². The fraction of sp³-hybridized carbons (Fsp3) is 0.278. The predicted octanol–water partition coefficient (Wildman–Crippen LogP) is 3.50. The number of H-pyrrole nitrogens is 1. The number of hydrogen-bond acceptors (Lipinski definition) is 7. The van der Waals surface area contributed by atoms with Crippen molar-refractivity contribution in [3.8, 4) is 0 Å². The molecule has 1 aliphatic carbocycles. The molecule has 0 saturated heterocycles. The van der Waals surface area contributed by atoms with Gasteiger partial charge in [0.2, 0.25) is 5.91 Å². The quantitative estimate of drug-likeness (QED) is 0.284. The summed E-state index contributed by atoms with van der Waals surface area (Å²) in [6, 6.07) is 5.61. The number of benzene rings is 1. The number of thiophene rings is 1. The van der Waals surface area contributed by atoms with Gasteiger partial charge in [0.25, 0.3) is 11.2 Å². The first kappa shape index (κ1) is 18.6. The highest BCUT2D eigenvalue weighted by Crippen LogP contribution is 2.34.